The summed E-state index contributed by atoms with van der Waals surface area (Å²) in [5, 5.41) is 3.39. The zero-order valence-electron chi connectivity index (χ0n) is 15.7. The number of ether oxygens (including phenoxy) is 1. The van der Waals surface area contributed by atoms with Gasteiger partial charge < -0.3 is 4.74 Å². The van der Waals surface area contributed by atoms with Crippen LogP contribution in [0.4, 0.5) is 5.69 Å². The van der Waals surface area contributed by atoms with Crippen LogP contribution in [0, 0.1) is 0 Å². The molecule has 1 aliphatic heterocycles. The van der Waals surface area contributed by atoms with Crippen molar-refractivity contribution in [2.75, 3.05) is 12.0 Å². The molecule has 0 N–H and O–H groups in total. The maximum absolute atomic E-state index is 13.2. The molecule has 0 atom stereocenters. The van der Waals surface area contributed by atoms with E-state index in [0.29, 0.717) is 38.2 Å². The molecule has 0 spiro atoms. The normalized spacial score (nSPS) is 15.0. The molecule has 30 heavy (non-hydrogen) atoms. The zero-order valence-corrected chi connectivity index (χ0v) is 18.9. The molecule has 3 aromatic rings. The van der Waals surface area contributed by atoms with E-state index in [1.54, 1.807) is 59.9 Å². The lowest BCUT2D eigenvalue weighted by molar-refractivity contribution is -0.113. The maximum Gasteiger partial charge on any atom is 0.283 e. The number of carbonyl (C=O) groups is 1. The minimum absolute atomic E-state index is 0.207. The van der Waals surface area contributed by atoms with Gasteiger partial charge in [-0.05, 0) is 47.4 Å². The number of hydrogen-bond acceptors (Lipinski definition) is 6. The predicted molar refractivity (Wildman–Crippen MR) is 126 cm³/mol. The van der Waals surface area contributed by atoms with Crippen molar-refractivity contribution in [1.82, 2.24) is 4.98 Å². The molecule has 0 aliphatic carbocycles. The van der Waals surface area contributed by atoms with Crippen molar-refractivity contribution in [2.24, 2.45) is 4.99 Å². The first kappa shape index (κ1) is 20.9. The Morgan fingerprint density at radius 2 is 2.10 bits per heavy atom. The molecule has 1 aromatic carbocycles. The fourth-order valence-electron chi connectivity index (χ4n) is 2.76. The van der Waals surface area contributed by atoms with E-state index in [4.69, 9.17) is 27.9 Å². The number of anilines is 1. The molecule has 0 unspecified atom stereocenters. The molecule has 2 aromatic heterocycles. The summed E-state index contributed by atoms with van der Waals surface area (Å²) < 4.78 is 5.22. The molecule has 0 radical (unpaired) electrons. The second kappa shape index (κ2) is 9.22. The summed E-state index contributed by atoms with van der Waals surface area (Å²) in [4.78, 5) is 24.4. The summed E-state index contributed by atoms with van der Waals surface area (Å²) >= 11 is 15.2. The van der Waals surface area contributed by atoms with Crippen molar-refractivity contribution >= 4 is 69.1 Å². The lowest BCUT2D eigenvalue weighted by Crippen LogP contribution is -2.30. The standard InChI is InChI=1S/C21H15Cl2N3O2S2/c1-28-18-6-5-14(9-16(18)22)26-20(27)17(10-15-3-2-8-29-15)25-21(26)30-12-13-4-7-19(23)24-11-13/h2-11H,12H2,1H3/b17-10+. The van der Waals surface area contributed by atoms with Gasteiger partial charge in [0.15, 0.2) is 5.17 Å². The monoisotopic (exact) mass is 475 g/mol. The minimum Gasteiger partial charge on any atom is -0.495 e. The van der Waals surface area contributed by atoms with Gasteiger partial charge in [0.25, 0.3) is 5.91 Å². The van der Waals surface area contributed by atoms with Gasteiger partial charge in [-0.3, -0.25) is 9.69 Å². The fraction of sp³-hybridized carbons (Fsp3) is 0.0952. The van der Waals surface area contributed by atoms with E-state index in [2.05, 4.69) is 9.98 Å². The largest absolute Gasteiger partial charge is 0.495 e. The molecule has 1 aliphatic rings. The van der Waals surface area contributed by atoms with Gasteiger partial charge in [-0.25, -0.2) is 9.98 Å². The summed E-state index contributed by atoms with van der Waals surface area (Å²) in [5.41, 5.74) is 1.98. The number of halogens is 2. The van der Waals surface area contributed by atoms with Gasteiger partial charge in [-0.1, -0.05) is 47.1 Å². The molecule has 5 nitrogen and oxygen atoms in total. The highest BCUT2D eigenvalue weighted by Gasteiger charge is 2.32. The van der Waals surface area contributed by atoms with Gasteiger partial charge in [-0.15, -0.1) is 11.3 Å². The fourth-order valence-corrected chi connectivity index (χ4v) is 4.72. The van der Waals surface area contributed by atoms with Crippen LogP contribution in [0.25, 0.3) is 6.08 Å². The number of amides is 1. The van der Waals surface area contributed by atoms with Crippen molar-refractivity contribution in [1.29, 1.82) is 0 Å². The quantitative estimate of drug-likeness (QED) is 0.328. The first-order valence-electron chi connectivity index (χ1n) is 8.80. The van der Waals surface area contributed by atoms with Crippen LogP contribution in [0.1, 0.15) is 10.4 Å². The second-order valence-electron chi connectivity index (χ2n) is 6.18. The van der Waals surface area contributed by atoms with Gasteiger partial charge in [0.2, 0.25) is 0 Å². The topological polar surface area (TPSA) is 54.8 Å². The van der Waals surface area contributed by atoms with Crippen LogP contribution in [-0.4, -0.2) is 23.2 Å². The number of pyridine rings is 1. The molecule has 0 saturated carbocycles. The zero-order chi connectivity index (χ0) is 21.1. The highest BCUT2D eigenvalue weighted by atomic mass is 35.5. The van der Waals surface area contributed by atoms with Crippen molar-refractivity contribution in [3.63, 3.8) is 0 Å². The number of benzene rings is 1. The van der Waals surface area contributed by atoms with E-state index in [-0.39, 0.29) is 5.91 Å². The second-order valence-corrected chi connectivity index (χ2v) is 8.89. The molecule has 152 valence electrons. The number of nitrogens with zero attached hydrogens (tertiary/aromatic N) is 3. The molecule has 4 rings (SSSR count). The van der Waals surface area contributed by atoms with Crippen LogP contribution in [0.5, 0.6) is 5.75 Å². The number of methoxy groups -OCH3 is 1. The van der Waals surface area contributed by atoms with E-state index in [1.807, 2.05) is 23.6 Å². The van der Waals surface area contributed by atoms with E-state index in [0.717, 1.165) is 10.4 Å². The number of aliphatic imine (C=N–C) groups is 1. The van der Waals surface area contributed by atoms with Crippen molar-refractivity contribution in [3.05, 3.63) is 80.4 Å². The van der Waals surface area contributed by atoms with E-state index < -0.39 is 0 Å². The molecule has 0 fully saturated rings. The highest BCUT2D eigenvalue weighted by Crippen LogP contribution is 2.35. The summed E-state index contributed by atoms with van der Waals surface area (Å²) in [7, 11) is 1.55. The van der Waals surface area contributed by atoms with Crippen LogP contribution in [0.15, 0.2) is 64.7 Å². The Morgan fingerprint density at radius 1 is 1.23 bits per heavy atom. The molecule has 0 bridgehead atoms. The van der Waals surface area contributed by atoms with Gasteiger partial charge >= 0.3 is 0 Å². The van der Waals surface area contributed by atoms with Crippen molar-refractivity contribution in [3.8, 4) is 5.75 Å². The summed E-state index contributed by atoms with van der Waals surface area (Å²) in [6.07, 6.45) is 3.51. The average molecular weight is 476 g/mol. The number of thiophene rings is 1. The van der Waals surface area contributed by atoms with Gasteiger partial charge in [0, 0.05) is 16.8 Å². The summed E-state index contributed by atoms with van der Waals surface area (Å²) in [6.45, 7) is 0. The first-order valence-corrected chi connectivity index (χ1v) is 11.4. The van der Waals surface area contributed by atoms with E-state index in [9.17, 15) is 4.79 Å². The number of thioether (sulfide) groups is 1. The first-order chi connectivity index (χ1) is 14.5. The Hall–Kier alpha value is -2.32. The molecule has 0 saturated heterocycles. The Kier molecular flexibility index (Phi) is 6.43. The Balaban J connectivity index is 1.66. The van der Waals surface area contributed by atoms with Crippen molar-refractivity contribution < 1.29 is 9.53 Å². The molecule has 9 heteroatoms. The van der Waals surface area contributed by atoms with Crippen molar-refractivity contribution in [2.45, 2.75) is 5.75 Å². The Labute approximate surface area is 192 Å². The third-order valence-corrected chi connectivity index (χ3v) is 6.55. The minimum atomic E-state index is -0.207. The number of hydrogen-bond donors (Lipinski definition) is 0. The van der Waals surface area contributed by atoms with Gasteiger partial charge in [0.05, 0.1) is 17.8 Å². The number of rotatable bonds is 5. The molecule has 3 heterocycles. The number of aromatic nitrogens is 1. The Bertz CT molecular complexity index is 1130. The van der Waals surface area contributed by atoms with Crippen LogP contribution in [0.2, 0.25) is 10.2 Å². The number of carbonyl (C=O) groups excluding carboxylic acids is 1. The summed E-state index contributed by atoms with van der Waals surface area (Å²) in [5.74, 6) is 0.921. The average Bonchev–Trinajstić information content (AvgIpc) is 3.36. The van der Waals surface area contributed by atoms with E-state index in [1.165, 1.54) is 11.8 Å². The van der Waals surface area contributed by atoms with Gasteiger partial charge in [0.1, 0.15) is 16.6 Å². The smallest absolute Gasteiger partial charge is 0.283 e. The van der Waals surface area contributed by atoms with Gasteiger partial charge in [-0.2, -0.15) is 0 Å². The Morgan fingerprint density at radius 3 is 2.77 bits per heavy atom. The predicted octanol–water partition coefficient (Wildman–Crippen LogP) is 6.14. The highest BCUT2D eigenvalue weighted by molar-refractivity contribution is 8.13. The van der Waals surface area contributed by atoms with Crippen LogP contribution in [-0.2, 0) is 10.5 Å². The summed E-state index contributed by atoms with van der Waals surface area (Å²) in [6, 6.07) is 12.7. The molecular weight excluding hydrogens is 461 g/mol. The SMILES string of the molecule is COc1ccc(N2C(=O)/C(=C\c3cccs3)N=C2SCc2ccc(Cl)nc2)cc1Cl. The lowest BCUT2D eigenvalue weighted by Gasteiger charge is -2.18. The number of amidine groups is 1. The molecular formula is C21H15Cl2N3O2S2. The third-order valence-electron chi connectivity index (χ3n) is 4.20. The van der Waals surface area contributed by atoms with E-state index >= 15 is 0 Å². The van der Waals surface area contributed by atoms with Crippen LogP contribution < -0.4 is 9.64 Å². The van der Waals surface area contributed by atoms with Crippen LogP contribution >= 0.6 is 46.3 Å². The molecule has 1 amide bonds. The van der Waals surface area contributed by atoms with Crippen LogP contribution in [0.3, 0.4) is 0 Å². The maximum atomic E-state index is 13.2. The third kappa shape index (κ3) is 4.54. The lowest BCUT2D eigenvalue weighted by atomic mass is 10.2.